The number of hydrogen-bond donors (Lipinski definition) is 2. The Morgan fingerprint density at radius 2 is 2.38 bits per heavy atom. The molecule has 0 bridgehead atoms. The highest BCUT2D eigenvalue weighted by Gasteiger charge is 2.24. The minimum Gasteiger partial charge on any atom is -0.354 e. The maximum atomic E-state index is 12.0. The number of thiophene rings is 1. The van der Waals surface area contributed by atoms with Gasteiger partial charge in [-0.15, -0.1) is 11.3 Å². The van der Waals surface area contributed by atoms with Crippen molar-refractivity contribution in [2.24, 2.45) is 5.92 Å². The molecule has 0 radical (unpaired) electrons. The van der Waals surface area contributed by atoms with Gasteiger partial charge in [-0.25, -0.2) is 0 Å². The molecule has 116 valence electrons. The fourth-order valence-corrected chi connectivity index (χ4v) is 4.11. The highest BCUT2D eigenvalue weighted by atomic mass is 32.1. The third-order valence-electron chi connectivity index (χ3n) is 4.50. The molecule has 5 heteroatoms. The van der Waals surface area contributed by atoms with Crippen LogP contribution in [0.1, 0.15) is 30.6 Å². The molecular formula is C16H25N3OS. The van der Waals surface area contributed by atoms with Gasteiger partial charge in [-0.05, 0) is 56.1 Å². The van der Waals surface area contributed by atoms with E-state index < -0.39 is 0 Å². The number of amides is 1. The molecule has 4 nitrogen and oxygen atoms in total. The molecular weight excluding hydrogens is 282 g/mol. The van der Waals surface area contributed by atoms with Gasteiger partial charge in [-0.3, -0.25) is 9.69 Å². The molecule has 0 aliphatic carbocycles. The van der Waals surface area contributed by atoms with Gasteiger partial charge in [-0.2, -0.15) is 0 Å². The van der Waals surface area contributed by atoms with E-state index in [0.717, 1.165) is 39.0 Å². The molecule has 2 N–H and O–H groups in total. The Labute approximate surface area is 130 Å². The summed E-state index contributed by atoms with van der Waals surface area (Å²) in [4.78, 5) is 16.0. The summed E-state index contributed by atoms with van der Waals surface area (Å²) in [5.41, 5.74) is 0. The van der Waals surface area contributed by atoms with Crippen molar-refractivity contribution < 1.29 is 4.79 Å². The van der Waals surface area contributed by atoms with Gasteiger partial charge < -0.3 is 10.6 Å². The first-order valence-corrected chi connectivity index (χ1v) is 8.95. The third-order valence-corrected chi connectivity index (χ3v) is 5.37. The number of piperidine rings is 1. The van der Waals surface area contributed by atoms with E-state index in [4.69, 9.17) is 0 Å². The molecule has 3 heterocycles. The monoisotopic (exact) mass is 307 g/mol. The van der Waals surface area contributed by atoms with Crippen molar-refractivity contribution in [3.05, 3.63) is 22.4 Å². The second kappa shape index (κ2) is 7.38. The van der Waals surface area contributed by atoms with Gasteiger partial charge in [0, 0.05) is 24.5 Å². The molecule has 1 aromatic rings. The molecule has 2 aliphatic rings. The second-order valence-electron chi connectivity index (χ2n) is 6.22. The van der Waals surface area contributed by atoms with Crippen LogP contribution in [0.2, 0.25) is 0 Å². The summed E-state index contributed by atoms with van der Waals surface area (Å²) in [6.45, 7) is 5.17. The zero-order chi connectivity index (χ0) is 14.5. The lowest BCUT2D eigenvalue weighted by atomic mass is 9.97. The maximum absolute atomic E-state index is 12.0. The van der Waals surface area contributed by atoms with Crippen molar-refractivity contribution in [1.82, 2.24) is 15.5 Å². The summed E-state index contributed by atoms with van der Waals surface area (Å²) in [6.07, 6.45) is 4.59. The van der Waals surface area contributed by atoms with Gasteiger partial charge in [0.25, 0.3) is 0 Å². The second-order valence-corrected chi connectivity index (χ2v) is 7.25. The van der Waals surface area contributed by atoms with Crippen molar-refractivity contribution >= 4 is 17.2 Å². The highest BCUT2D eigenvalue weighted by Crippen LogP contribution is 2.20. The van der Waals surface area contributed by atoms with Crippen LogP contribution in [0.25, 0.3) is 0 Å². The summed E-state index contributed by atoms with van der Waals surface area (Å²) in [5.74, 6) is 0.798. The average molecular weight is 307 g/mol. The first-order valence-electron chi connectivity index (χ1n) is 8.07. The molecule has 21 heavy (non-hydrogen) atoms. The van der Waals surface area contributed by atoms with E-state index in [1.807, 2.05) is 11.3 Å². The SMILES string of the molecule is O=C(NCC1CCCN(Cc2cccs2)C1)C1CCCN1. The van der Waals surface area contributed by atoms with Crippen LogP contribution in [0.15, 0.2) is 17.5 Å². The summed E-state index contributed by atoms with van der Waals surface area (Å²) in [5, 5.41) is 8.55. The predicted octanol–water partition coefficient (Wildman–Crippen LogP) is 1.83. The van der Waals surface area contributed by atoms with Crippen molar-refractivity contribution in [3.8, 4) is 0 Å². The third kappa shape index (κ3) is 4.28. The molecule has 2 unspecified atom stereocenters. The highest BCUT2D eigenvalue weighted by molar-refractivity contribution is 7.09. The summed E-state index contributed by atoms with van der Waals surface area (Å²) in [6, 6.07) is 4.38. The van der Waals surface area contributed by atoms with Gasteiger partial charge in [0.05, 0.1) is 6.04 Å². The van der Waals surface area contributed by atoms with E-state index in [2.05, 4.69) is 33.0 Å². The van der Waals surface area contributed by atoms with Crippen LogP contribution in [0.5, 0.6) is 0 Å². The Morgan fingerprint density at radius 3 is 3.14 bits per heavy atom. The first-order chi connectivity index (χ1) is 10.3. The molecule has 2 fully saturated rings. The summed E-state index contributed by atoms with van der Waals surface area (Å²) >= 11 is 1.83. The van der Waals surface area contributed by atoms with Crippen LogP contribution in [0.3, 0.4) is 0 Å². The van der Waals surface area contributed by atoms with Crippen molar-refractivity contribution in [3.63, 3.8) is 0 Å². The minimum absolute atomic E-state index is 0.0517. The topological polar surface area (TPSA) is 44.4 Å². The standard InChI is InChI=1S/C16H25N3OS/c20-16(15-6-1-7-17-15)18-10-13-4-2-8-19(11-13)12-14-5-3-9-21-14/h3,5,9,13,15,17H,1-2,4,6-8,10-12H2,(H,18,20). The lowest BCUT2D eigenvalue weighted by molar-refractivity contribution is -0.123. The summed E-state index contributed by atoms with van der Waals surface area (Å²) < 4.78 is 0. The lowest BCUT2D eigenvalue weighted by Crippen LogP contribution is -2.45. The van der Waals surface area contributed by atoms with Gasteiger partial charge in [0.1, 0.15) is 0 Å². The van der Waals surface area contributed by atoms with Crippen LogP contribution in [-0.2, 0) is 11.3 Å². The molecule has 1 amide bonds. The Balaban J connectivity index is 1.42. The quantitative estimate of drug-likeness (QED) is 0.872. The number of likely N-dealkylation sites (tertiary alicyclic amines) is 1. The van der Waals surface area contributed by atoms with Crippen LogP contribution in [0.4, 0.5) is 0 Å². The summed E-state index contributed by atoms with van der Waals surface area (Å²) in [7, 11) is 0. The number of hydrogen-bond acceptors (Lipinski definition) is 4. The lowest BCUT2D eigenvalue weighted by Gasteiger charge is -2.32. The van der Waals surface area contributed by atoms with E-state index >= 15 is 0 Å². The van der Waals surface area contributed by atoms with Crippen LogP contribution in [0, 0.1) is 5.92 Å². The number of nitrogens with one attached hydrogen (secondary N) is 2. The van der Waals surface area contributed by atoms with Crippen molar-refractivity contribution in [2.45, 2.75) is 38.3 Å². The van der Waals surface area contributed by atoms with E-state index in [9.17, 15) is 4.79 Å². The minimum atomic E-state index is 0.0517. The maximum Gasteiger partial charge on any atom is 0.237 e. The predicted molar refractivity (Wildman–Crippen MR) is 86.4 cm³/mol. The zero-order valence-corrected chi connectivity index (χ0v) is 13.3. The number of carbonyl (C=O) groups excluding carboxylic acids is 1. The van der Waals surface area contributed by atoms with Crippen molar-refractivity contribution in [1.29, 1.82) is 0 Å². The fraction of sp³-hybridized carbons (Fsp3) is 0.688. The van der Waals surface area contributed by atoms with E-state index in [0.29, 0.717) is 5.92 Å². The van der Waals surface area contributed by atoms with Gasteiger partial charge in [0.15, 0.2) is 0 Å². The Kier molecular flexibility index (Phi) is 5.27. The van der Waals surface area contributed by atoms with E-state index in [1.54, 1.807) is 0 Å². The van der Waals surface area contributed by atoms with Crippen LogP contribution in [-0.4, -0.2) is 43.0 Å². The molecule has 0 saturated carbocycles. The zero-order valence-electron chi connectivity index (χ0n) is 12.5. The van der Waals surface area contributed by atoms with E-state index in [1.165, 1.54) is 24.3 Å². The molecule has 0 aromatic carbocycles. The first kappa shape index (κ1) is 15.0. The molecule has 0 spiro atoms. The largest absolute Gasteiger partial charge is 0.354 e. The fourth-order valence-electron chi connectivity index (χ4n) is 3.36. The Morgan fingerprint density at radius 1 is 1.43 bits per heavy atom. The number of rotatable bonds is 5. The smallest absolute Gasteiger partial charge is 0.237 e. The number of carbonyl (C=O) groups is 1. The van der Waals surface area contributed by atoms with Gasteiger partial charge >= 0.3 is 0 Å². The van der Waals surface area contributed by atoms with Gasteiger partial charge in [-0.1, -0.05) is 6.07 Å². The molecule has 2 saturated heterocycles. The normalized spacial score (nSPS) is 26.9. The van der Waals surface area contributed by atoms with Crippen LogP contribution >= 0.6 is 11.3 Å². The van der Waals surface area contributed by atoms with E-state index in [-0.39, 0.29) is 11.9 Å². The van der Waals surface area contributed by atoms with Crippen LogP contribution < -0.4 is 10.6 Å². The average Bonchev–Trinajstić information content (AvgIpc) is 3.18. The molecule has 1 aromatic heterocycles. The number of nitrogens with zero attached hydrogens (tertiary/aromatic N) is 1. The molecule has 2 aliphatic heterocycles. The Bertz CT molecular complexity index is 442. The Hall–Kier alpha value is -0.910. The molecule has 2 atom stereocenters. The van der Waals surface area contributed by atoms with Crippen molar-refractivity contribution in [2.75, 3.05) is 26.2 Å². The van der Waals surface area contributed by atoms with Gasteiger partial charge in [0.2, 0.25) is 5.91 Å². The molecule has 3 rings (SSSR count).